The van der Waals surface area contributed by atoms with E-state index in [0.717, 1.165) is 0 Å². The molecule has 0 aromatic carbocycles. The van der Waals surface area contributed by atoms with Gasteiger partial charge in [0.15, 0.2) is 0 Å². The quantitative estimate of drug-likeness (QED) is 0.712. The molecular weight excluding hydrogens is 220 g/mol. The van der Waals surface area contributed by atoms with Gasteiger partial charge in [-0.2, -0.15) is 0 Å². The number of aromatic hydroxyl groups is 1. The summed E-state index contributed by atoms with van der Waals surface area (Å²) in [4.78, 5) is 15.3. The topological polar surface area (TPSA) is 82.5 Å². The number of hydrogen-bond donors (Lipinski definition) is 3. The third-order valence-electron chi connectivity index (χ3n) is 2.23. The van der Waals surface area contributed by atoms with Crippen LogP contribution in [0.4, 0.5) is 0 Å². The second kappa shape index (κ2) is 6.20. The third-order valence-corrected chi connectivity index (χ3v) is 2.23. The number of pyridine rings is 1. The number of aliphatic hydroxyl groups is 1. The average molecular weight is 238 g/mol. The largest absolute Gasteiger partial charge is 0.506 e. The predicted octanol–water partition coefficient (Wildman–Crippen LogP) is 0.924. The first-order valence-corrected chi connectivity index (χ1v) is 5.59. The fourth-order valence-corrected chi connectivity index (χ4v) is 1.49. The molecule has 1 aromatic rings. The zero-order valence-electron chi connectivity index (χ0n) is 10.1. The fraction of sp³-hybridized carbons (Fsp3) is 0.500. The summed E-state index contributed by atoms with van der Waals surface area (Å²) in [5, 5.41) is 21.3. The molecule has 1 unspecified atom stereocenters. The summed E-state index contributed by atoms with van der Waals surface area (Å²) in [5.41, 5.74) is 0.279. The van der Waals surface area contributed by atoms with Gasteiger partial charge in [0.05, 0.1) is 17.9 Å². The summed E-state index contributed by atoms with van der Waals surface area (Å²) in [5.74, 6) is -0.0269. The maximum absolute atomic E-state index is 11.6. The Morgan fingerprint density at radius 2 is 2.18 bits per heavy atom. The molecule has 1 rings (SSSR count). The van der Waals surface area contributed by atoms with Gasteiger partial charge in [0, 0.05) is 12.7 Å². The molecule has 0 saturated heterocycles. The zero-order valence-corrected chi connectivity index (χ0v) is 10.1. The van der Waals surface area contributed by atoms with Crippen molar-refractivity contribution in [3.05, 3.63) is 24.0 Å². The lowest BCUT2D eigenvalue weighted by atomic mass is 10.1. The molecule has 0 aliphatic carbocycles. The SMILES string of the molecule is CC(C)CC(O)CNC(=O)c1cncc(O)c1. The first-order chi connectivity index (χ1) is 7.99. The Hall–Kier alpha value is -1.62. The van der Waals surface area contributed by atoms with Gasteiger partial charge in [-0.15, -0.1) is 0 Å². The molecule has 5 heteroatoms. The standard InChI is InChI=1S/C12H18N2O3/c1-8(2)3-10(15)7-14-12(17)9-4-11(16)6-13-5-9/h4-6,8,10,15-16H,3,7H2,1-2H3,(H,14,17). The maximum atomic E-state index is 11.6. The van der Waals surface area contributed by atoms with E-state index in [1.165, 1.54) is 18.5 Å². The van der Waals surface area contributed by atoms with Crippen LogP contribution in [-0.2, 0) is 0 Å². The van der Waals surface area contributed by atoms with Crippen LogP contribution >= 0.6 is 0 Å². The van der Waals surface area contributed by atoms with Gasteiger partial charge in [0.1, 0.15) is 5.75 Å². The van der Waals surface area contributed by atoms with Gasteiger partial charge in [-0.1, -0.05) is 13.8 Å². The molecule has 0 spiro atoms. The van der Waals surface area contributed by atoms with Crippen LogP contribution in [0.25, 0.3) is 0 Å². The van der Waals surface area contributed by atoms with Crippen LogP contribution in [0.1, 0.15) is 30.6 Å². The lowest BCUT2D eigenvalue weighted by Gasteiger charge is -2.13. The normalized spacial score (nSPS) is 12.5. The summed E-state index contributed by atoms with van der Waals surface area (Å²) in [6.07, 6.45) is 2.71. The van der Waals surface area contributed by atoms with E-state index in [4.69, 9.17) is 5.11 Å². The van der Waals surface area contributed by atoms with Gasteiger partial charge >= 0.3 is 0 Å². The number of nitrogens with zero attached hydrogens (tertiary/aromatic N) is 1. The molecule has 0 radical (unpaired) electrons. The molecule has 1 aromatic heterocycles. The van der Waals surface area contributed by atoms with Crippen molar-refractivity contribution in [2.24, 2.45) is 5.92 Å². The van der Waals surface area contributed by atoms with E-state index in [1.54, 1.807) is 0 Å². The van der Waals surface area contributed by atoms with E-state index >= 15 is 0 Å². The van der Waals surface area contributed by atoms with Gasteiger partial charge < -0.3 is 15.5 Å². The van der Waals surface area contributed by atoms with Gasteiger partial charge in [-0.05, 0) is 18.4 Å². The lowest BCUT2D eigenvalue weighted by Crippen LogP contribution is -2.32. The summed E-state index contributed by atoms with van der Waals surface area (Å²) in [6.45, 7) is 4.21. The number of nitrogens with one attached hydrogen (secondary N) is 1. The minimum atomic E-state index is -0.552. The number of hydrogen-bond acceptors (Lipinski definition) is 4. The van der Waals surface area contributed by atoms with Crippen LogP contribution in [0.15, 0.2) is 18.5 Å². The molecule has 0 fully saturated rings. The molecule has 17 heavy (non-hydrogen) atoms. The van der Waals surface area contributed by atoms with Crippen molar-refractivity contribution >= 4 is 5.91 Å². The lowest BCUT2D eigenvalue weighted by molar-refractivity contribution is 0.0899. The minimum Gasteiger partial charge on any atom is -0.506 e. The molecule has 1 heterocycles. The van der Waals surface area contributed by atoms with Crippen LogP contribution in [0, 0.1) is 5.92 Å². The van der Waals surface area contributed by atoms with Crippen LogP contribution in [0.5, 0.6) is 5.75 Å². The maximum Gasteiger partial charge on any atom is 0.253 e. The number of rotatable bonds is 5. The summed E-state index contributed by atoms with van der Waals surface area (Å²) in [7, 11) is 0. The predicted molar refractivity (Wildman–Crippen MR) is 63.7 cm³/mol. The monoisotopic (exact) mass is 238 g/mol. The number of carbonyl (C=O) groups excluding carboxylic acids is 1. The molecule has 0 saturated carbocycles. The van der Waals surface area contributed by atoms with Crippen LogP contribution < -0.4 is 5.32 Å². The van der Waals surface area contributed by atoms with E-state index in [0.29, 0.717) is 12.3 Å². The highest BCUT2D eigenvalue weighted by atomic mass is 16.3. The Morgan fingerprint density at radius 3 is 2.76 bits per heavy atom. The van der Waals surface area contributed by atoms with Crippen molar-refractivity contribution in [2.45, 2.75) is 26.4 Å². The second-order valence-electron chi connectivity index (χ2n) is 4.43. The van der Waals surface area contributed by atoms with Crippen molar-refractivity contribution in [3.63, 3.8) is 0 Å². The number of aromatic nitrogens is 1. The van der Waals surface area contributed by atoms with Crippen LogP contribution in [0.2, 0.25) is 0 Å². The van der Waals surface area contributed by atoms with E-state index in [2.05, 4.69) is 10.3 Å². The van der Waals surface area contributed by atoms with E-state index in [9.17, 15) is 9.90 Å². The number of carbonyl (C=O) groups is 1. The molecule has 1 amide bonds. The molecule has 1 atom stereocenters. The fourth-order valence-electron chi connectivity index (χ4n) is 1.49. The first-order valence-electron chi connectivity index (χ1n) is 5.59. The van der Waals surface area contributed by atoms with Gasteiger partial charge in [-0.3, -0.25) is 9.78 Å². The minimum absolute atomic E-state index is 0.0552. The highest BCUT2D eigenvalue weighted by Gasteiger charge is 2.11. The number of amides is 1. The molecule has 0 bridgehead atoms. The Kier molecular flexibility index (Phi) is 4.90. The van der Waals surface area contributed by atoms with E-state index in [1.807, 2.05) is 13.8 Å². The van der Waals surface area contributed by atoms with Crippen molar-refractivity contribution < 1.29 is 15.0 Å². The first kappa shape index (κ1) is 13.4. The Labute approximate surface area is 101 Å². The summed E-state index contributed by atoms with van der Waals surface area (Å²) in [6, 6.07) is 1.33. The Morgan fingerprint density at radius 1 is 1.47 bits per heavy atom. The molecule has 94 valence electrons. The van der Waals surface area contributed by atoms with E-state index < -0.39 is 6.10 Å². The highest BCUT2D eigenvalue weighted by molar-refractivity contribution is 5.94. The van der Waals surface area contributed by atoms with Crippen molar-refractivity contribution in [3.8, 4) is 5.75 Å². The molecule has 0 aliphatic heterocycles. The summed E-state index contributed by atoms with van der Waals surface area (Å²) >= 11 is 0. The smallest absolute Gasteiger partial charge is 0.253 e. The zero-order chi connectivity index (χ0) is 12.8. The second-order valence-corrected chi connectivity index (χ2v) is 4.43. The highest BCUT2D eigenvalue weighted by Crippen LogP contribution is 2.08. The number of aliphatic hydroxyl groups excluding tert-OH is 1. The Bertz CT molecular complexity index is 380. The average Bonchev–Trinajstić information content (AvgIpc) is 2.25. The van der Waals surface area contributed by atoms with Gasteiger partial charge in [0.25, 0.3) is 5.91 Å². The Balaban J connectivity index is 2.45. The van der Waals surface area contributed by atoms with Crippen LogP contribution in [0.3, 0.4) is 0 Å². The van der Waals surface area contributed by atoms with Crippen molar-refractivity contribution in [2.75, 3.05) is 6.54 Å². The molecular formula is C12H18N2O3. The van der Waals surface area contributed by atoms with E-state index in [-0.39, 0.29) is 23.8 Å². The van der Waals surface area contributed by atoms with Gasteiger partial charge in [-0.25, -0.2) is 0 Å². The third kappa shape index (κ3) is 4.82. The molecule has 5 nitrogen and oxygen atoms in total. The van der Waals surface area contributed by atoms with Crippen LogP contribution in [-0.4, -0.2) is 33.8 Å². The molecule has 0 aliphatic rings. The van der Waals surface area contributed by atoms with Crippen molar-refractivity contribution in [1.82, 2.24) is 10.3 Å². The van der Waals surface area contributed by atoms with Gasteiger partial charge in [0.2, 0.25) is 0 Å². The van der Waals surface area contributed by atoms with Crippen molar-refractivity contribution in [1.29, 1.82) is 0 Å². The molecule has 3 N–H and O–H groups in total. The summed E-state index contributed by atoms with van der Waals surface area (Å²) < 4.78 is 0.